The molecule has 0 amide bonds. The van der Waals surface area contributed by atoms with E-state index in [0.717, 1.165) is 12.8 Å². The first-order valence-electron chi connectivity index (χ1n) is 10.8. The van der Waals surface area contributed by atoms with E-state index in [-0.39, 0.29) is 34.8 Å². The number of carbonyl (C=O) groups excluding carboxylic acids is 3. The molecule has 29 heavy (non-hydrogen) atoms. The van der Waals surface area contributed by atoms with E-state index in [1.54, 1.807) is 13.0 Å². The molecular formula is C25H32O4. The third kappa shape index (κ3) is 2.47. The molecule has 4 rings (SSSR count). The van der Waals surface area contributed by atoms with Gasteiger partial charge in [-0.05, 0) is 68.6 Å². The Hall–Kier alpha value is -1.97. The zero-order valence-electron chi connectivity index (χ0n) is 18.4. The first kappa shape index (κ1) is 20.3. The predicted molar refractivity (Wildman–Crippen MR) is 111 cm³/mol. The Morgan fingerprint density at radius 1 is 1.10 bits per heavy atom. The van der Waals surface area contributed by atoms with Gasteiger partial charge >= 0.3 is 5.97 Å². The monoisotopic (exact) mass is 396 g/mol. The Bertz CT molecular complexity index is 892. The fraction of sp³-hybridized carbons (Fsp3) is 0.640. The molecule has 4 aliphatic rings. The van der Waals surface area contributed by atoms with Gasteiger partial charge in [0.05, 0.1) is 0 Å². The van der Waals surface area contributed by atoms with Crippen molar-refractivity contribution < 1.29 is 19.1 Å². The minimum Gasteiger partial charge on any atom is -0.450 e. The molecule has 7 atom stereocenters. The second-order valence-electron chi connectivity index (χ2n) is 10.2. The van der Waals surface area contributed by atoms with Crippen LogP contribution < -0.4 is 0 Å². The van der Waals surface area contributed by atoms with E-state index >= 15 is 0 Å². The fourth-order valence-electron chi connectivity index (χ4n) is 7.52. The normalized spacial score (nSPS) is 45.5. The molecule has 4 heteroatoms. The molecule has 0 saturated heterocycles. The summed E-state index contributed by atoms with van der Waals surface area (Å²) in [6, 6.07) is 0. The smallest absolute Gasteiger partial charge is 0.303 e. The lowest BCUT2D eigenvalue weighted by Gasteiger charge is -2.55. The summed E-state index contributed by atoms with van der Waals surface area (Å²) >= 11 is 0. The van der Waals surface area contributed by atoms with E-state index < -0.39 is 11.0 Å². The van der Waals surface area contributed by atoms with Gasteiger partial charge in [-0.25, -0.2) is 0 Å². The Balaban J connectivity index is 1.85. The van der Waals surface area contributed by atoms with Crippen LogP contribution in [0.4, 0.5) is 0 Å². The maximum absolute atomic E-state index is 13.0. The van der Waals surface area contributed by atoms with Crippen LogP contribution in [0.5, 0.6) is 0 Å². The minimum atomic E-state index is -1.07. The highest BCUT2D eigenvalue weighted by Gasteiger charge is 2.69. The third-order valence-corrected chi connectivity index (χ3v) is 8.64. The van der Waals surface area contributed by atoms with Crippen molar-refractivity contribution in [2.75, 3.05) is 0 Å². The summed E-state index contributed by atoms with van der Waals surface area (Å²) in [5.41, 5.74) is 0.875. The van der Waals surface area contributed by atoms with Gasteiger partial charge in [-0.3, -0.25) is 14.4 Å². The number of hydrogen-bond acceptors (Lipinski definition) is 4. The first-order chi connectivity index (χ1) is 13.5. The Morgan fingerprint density at radius 3 is 2.41 bits per heavy atom. The van der Waals surface area contributed by atoms with Crippen LogP contribution in [0.3, 0.4) is 0 Å². The van der Waals surface area contributed by atoms with Gasteiger partial charge in [-0.1, -0.05) is 38.5 Å². The molecule has 0 unspecified atom stereocenters. The zero-order valence-corrected chi connectivity index (χ0v) is 18.4. The standard InChI is InChI=1S/C25H32O4/c1-14-11-19-20(23(5)9-7-18(28)13-21(14)23)8-10-24(6)22(19)12-15(2)25(24,16(3)26)29-17(4)27/h7-9,13-15,19,22H,10-12H2,1-6H3/t14-,15-,19+,22-,23+,24-,25-/m0/s1. The Kier molecular flexibility index (Phi) is 4.39. The molecule has 0 heterocycles. The van der Waals surface area contributed by atoms with Crippen molar-refractivity contribution >= 4 is 17.5 Å². The first-order valence-corrected chi connectivity index (χ1v) is 10.8. The van der Waals surface area contributed by atoms with Crippen molar-refractivity contribution in [2.45, 2.75) is 66.4 Å². The van der Waals surface area contributed by atoms with Gasteiger partial charge in [0.25, 0.3) is 0 Å². The number of hydrogen-bond donors (Lipinski definition) is 0. The molecule has 0 radical (unpaired) electrons. The number of Topliss-reactive ketones (excluding diaryl/α,β-unsaturated/α-hetero) is 1. The molecule has 0 bridgehead atoms. The number of carbonyl (C=O) groups is 3. The van der Waals surface area contributed by atoms with Crippen molar-refractivity contribution in [3.05, 3.63) is 35.5 Å². The number of ether oxygens (including phenoxy) is 1. The maximum atomic E-state index is 13.0. The average Bonchev–Trinajstić information content (AvgIpc) is 2.85. The molecule has 0 aromatic carbocycles. The highest BCUT2D eigenvalue weighted by atomic mass is 16.6. The molecule has 0 aromatic rings. The van der Waals surface area contributed by atoms with Gasteiger partial charge in [0.2, 0.25) is 0 Å². The van der Waals surface area contributed by atoms with Crippen LogP contribution in [0.25, 0.3) is 0 Å². The molecule has 0 N–H and O–H groups in total. The SMILES string of the molecule is CC(=O)O[C@]1(C(C)=O)[C@@H](C)C[C@H]2[C@@H]3C[C@H](C)C4=CC(=O)C=C[C@]4(C)C3=CC[C@@]21C. The predicted octanol–water partition coefficient (Wildman–Crippen LogP) is 4.60. The number of allylic oxidation sites excluding steroid dienone is 6. The second-order valence-corrected chi connectivity index (χ2v) is 10.2. The van der Waals surface area contributed by atoms with E-state index in [4.69, 9.17) is 4.74 Å². The van der Waals surface area contributed by atoms with Crippen LogP contribution in [0.2, 0.25) is 0 Å². The van der Waals surface area contributed by atoms with Gasteiger partial charge in [0, 0.05) is 23.7 Å². The van der Waals surface area contributed by atoms with E-state index in [9.17, 15) is 14.4 Å². The topological polar surface area (TPSA) is 60.4 Å². The maximum Gasteiger partial charge on any atom is 0.303 e. The van der Waals surface area contributed by atoms with Crippen LogP contribution in [0.1, 0.15) is 60.8 Å². The van der Waals surface area contributed by atoms with Crippen LogP contribution in [0.15, 0.2) is 35.5 Å². The largest absolute Gasteiger partial charge is 0.450 e. The van der Waals surface area contributed by atoms with Crippen molar-refractivity contribution in [1.82, 2.24) is 0 Å². The molecule has 0 aromatic heterocycles. The lowest BCUT2D eigenvalue weighted by Crippen LogP contribution is -2.58. The van der Waals surface area contributed by atoms with Gasteiger partial charge < -0.3 is 4.74 Å². The highest BCUT2D eigenvalue weighted by Crippen LogP contribution is 2.68. The van der Waals surface area contributed by atoms with Crippen LogP contribution in [-0.4, -0.2) is 23.1 Å². The lowest BCUT2D eigenvalue weighted by atomic mass is 9.49. The zero-order chi connectivity index (χ0) is 21.4. The quantitative estimate of drug-likeness (QED) is 0.506. The molecule has 0 spiro atoms. The number of fused-ring (bicyclic) bond motifs is 5. The molecule has 2 saturated carbocycles. The van der Waals surface area contributed by atoms with Crippen molar-refractivity contribution in [3.63, 3.8) is 0 Å². The fourth-order valence-corrected chi connectivity index (χ4v) is 7.52. The van der Waals surface area contributed by atoms with Crippen LogP contribution >= 0.6 is 0 Å². The van der Waals surface area contributed by atoms with E-state index in [1.165, 1.54) is 18.1 Å². The summed E-state index contributed by atoms with van der Waals surface area (Å²) in [5, 5.41) is 0. The third-order valence-electron chi connectivity index (χ3n) is 8.64. The Labute approximate surface area is 173 Å². The second kappa shape index (κ2) is 6.26. The summed E-state index contributed by atoms with van der Waals surface area (Å²) in [4.78, 5) is 37.0. The summed E-state index contributed by atoms with van der Waals surface area (Å²) in [6.45, 7) is 11.6. The molecule has 2 fully saturated rings. The van der Waals surface area contributed by atoms with Crippen LogP contribution in [0, 0.1) is 34.5 Å². The summed E-state index contributed by atoms with van der Waals surface area (Å²) in [7, 11) is 0. The number of ketones is 2. The average molecular weight is 397 g/mol. The highest BCUT2D eigenvalue weighted by molar-refractivity contribution is 6.01. The molecule has 156 valence electrons. The van der Waals surface area contributed by atoms with Gasteiger partial charge in [-0.15, -0.1) is 0 Å². The van der Waals surface area contributed by atoms with Crippen molar-refractivity contribution in [1.29, 1.82) is 0 Å². The van der Waals surface area contributed by atoms with Gasteiger partial charge in [-0.2, -0.15) is 0 Å². The molecule has 4 aliphatic carbocycles. The summed E-state index contributed by atoms with van der Waals surface area (Å²) in [6.07, 6.45) is 10.4. The lowest BCUT2D eigenvalue weighted by molar-refractivity contribution is -0.186. The van der Waals surface area contributed by atoms with Gasteiger partial charge in [0.1, 0.15) is 0 Å². The van der Waals surface area contributed by atoms with E-state index in [0.29, 0.717) is 18.3 Å². The molecule has 4 nitrogen and oxygen atoms in total. The van der Waals surface area contributed by atoms with E-state index in [2.05, 4.69) is 39.8 Å². The number of esters is 1. The minimum absolute atomic E-state index is 0.0184. The summed E-state index contributed by atoms with van der Waals surface area (Å²) < 4.78 is 5.91. The van der Waals surface area contributed by atoms with Crippen molar-refractivity contribution in [3.8, 4) is 0 Å². The summed E-state index contributed by atoms with van der Waals surface area (Å²) in [5.74, 6) is 0.525. The van der Waals surface area contributed by atoms with Gasteiger partial charge in [0.15, 0.2) is 17.2 Å². The van der Waals surface area contributed by atoms with E-state index in [1.807, 2.05) is 6.08 Å². The molecule has 0 aliphatic heterocycles. The van der Waals surface area contributed by atoms with Crippen molar-refractivity contribution in [2.24, 2.45) is 34.5 Å². The number of rotatable bonds is 2. The molecular weight excluding hydrogens is 364 g/mol. The Morgan fingerprint density at radius 2 is 1.79 bits per heavy atom. The van der Waals surface area contributed by atoms with Crippen LogP contribution in [-0.2, 0) is 19.1 Å².